The first-order valence-electron chi connectivity index (χ1n) is 10.2. The molecule has 0 aliphatic rings. The molecule has 2 aromatic carbocycles. The first-order chi connectivity index (χ1) is 15.7. The molecule has 3 heterocycles. The molecule has 0 aliphatic heterocycles. The molecule has 0 amide bonds. The number of fused-ring (bicyclic) bond motifs is 1. The molecule has 32 heavy (non-hydrogen) atoms. The van der Waals surface area contributed by atoms with Crippen LogP contribution in [0.1, 0.15) is 0 Å². The van der Waals surface area contributed by atoms with Crippen LogP contribution >= 0.6 is 27.5 Å². The van der Waals surface area contributed by atoms with Crippen LogP contribution in [0.4, 0.5) is 0 Å². The number of nitrogens with zero attached hydrogens (tertiary/aromatic N) is 3. The molecule has 0 saturated carbocycles. The summed E-state index contributed by atoms with van der Waals surface area (Å²) in [6.07, 6.45) is 3.87. The molecule has 5 aromatic rings. The van der Waals surface area contributed by atoms with Gasteiger partial charge < -0.3 is 4.74 Å². The number of alkyl halides is 1. The molecule has 0 unspecified atom stereocenters. The van der Waals surface area contributed by atoms with Crippen LogP contribution in [0.3, 0.4) is 0 Å². The highest BCUT2D eigenvalue weighted by Crippen LogP contribution is 2.35. The van der Waals surface area contributed by atoms with Gasteiger partial charge in [0.15, 0.2) is 0 Å². The minimum absolute atomic E-state index is 0.633. The molecule has 0 fully saturated rings. The van der Waals surface area contributed by atoms with Gasteiger partial charge in [-0.3, -0.25) is 9.38 Å². The monoisotopic (exact) mass is 503 g/mol. The molecule has 3 aromatic heterocycles. The van der Waals surface area contributed by atoms with Gasteiger partial charge >= 0.3 is 0 Å². The summed E-state index contributed by atoms with van der Waals surface area (Å²) >= 11 is 9.66. The van der Waals surface area contributed by atoms with Crippen molar-refractivity contribution in [2.45, 2.75) is 0 Å². The van der Waals surface area contributed by atoms with Crippen molar-refractivity contribution in [2.24, 2.45) is 0 Å². The third kappa shape index (κ3) is 4.14. The Bertz CT molecular complexity index is 1380. The van der Waals surface area contributed by atoms with E-state index in [4.69, 9.17) is 21.3 Å². The lowest BCUT2D eigenvalue weighted by Gasteiger charge is -2.09. The van der Waals surface area contributed by atoms with Crippen LogP contribution in [0.5, 0.6) is 5.75 Å². The second-order valence-electron chi connectivity index (χ2n) is 7.24. The van der Waals surface area contributed by atoms with Gasteiger partial charge in [0.25, 0.3) is 0 Å². The van der Waals surface area contributed by atoms with Crippen LogP contribution < -0.4 is 4.74 Å². The third-order valence-corrected chi connectivity index (χ3v) is 5.72. The highest BCUT2D eigenvalue weighted by molar-refractivity contribution is 9.09. The molecule has 158 valence electrons. The van der Waals surface area contributed by atoms with Gasteiger partial charge in [-0.05, 0) is 60.7 Å². The second-order valence-corrected chi connectivity index (χ2v) is 8.47. The summed E-state index contributed by atoms with van der Waals surface area (Å²) in [5.41, 5.74) is 6.68. The van der Waals surface area contributed by atoms with E-state index in [0.717, 1.165) is 50.5 Å². The molecule has 0 spiro atoms. The zero-order chi connectivity index (χ0) is 21.9. The molecular weight excluding hydrogens is 486 g/mol. The zero-order valence-electron chi connectivity index (χ0n) is 17.1. The number of imidazole rings is 1. The molecule has 6 heteroatoms. The maximum absolute atomic E-state index is 6.28. The maximum Gasteiger partial charge on any atom is 0.137 e. The first kappa shape index (κ1) is 20.7. The Hall–Kier alpha value is -3.15. The van der Waals surface area contributed by atoms with E-state index in [1.165, 1.54) is 0 Å². The fraction of sp³-hybridized carbons (Fsp3) is 0.0769. The SMILES string of the molecule is Clc1cccc(-c2nc3ccccn3c2-c2ccnc(-c3ccc(OCCBr)cc3)c2)c1. The van der Waals surface area contributed by atoms with Crippen LogP contribution in [-0.4, -0.2) is 26.3 Å². The van der Waals surface area contributed by atoms with Gasteiger partial charge in [-0.2, -0.15) is 0 Å². The molecule has 4 nitrogen and oxygen atoms in total. The maximum atomic E-state index is 6.28. The highest BCUT2D eigenvalue weighted by atomic mass is 79.9. The Morgan fingerprint density at radius 3 is 2.56 bits per heavy atom. The number of ether oxygens (including phenoxy) is 1. The summed E-state index contributed by atoms with van der Waals surface area (Å²) in [6, 6.07) is 25.9. The van der Waals surface area contributed by atoms with Crippen LogP contribution in [-0.2, 0) is 0 Å². The fourth-order valence-corrected chi connectivity index (χ4v) is 4.07. The predicted molar refractivity (Wildman–Crippen MR) is 134 cm³/mol. The molecule has 0 atom stereocenters. The minimum Gasteiger partial charge on any atom is -0.493 e. The topological polar surface area (TPSA) is 39.4 Å². The van der Waals surface area contributed by atoms with Gasteiger partial charge in [0.2, 0.25) is 0 Å². The van der Waals surface area contributed by atoms with E-state index in [2.05, 4.69) is 31.4 Å². The van der Waals surface area contributed by atoms with Crippen molar-refractivity contribution in [2.75, 3.05) is 11.9 Å². The van der Waals surface area contributed by atoms with Crippen molar-refractivity contribution in [1.82, 2.24) is 14.4 Å². The van der Waals surface area contributed by atoms with E-state index in [1.807, 2.05) is 85.2 Å². The molecule has 0 radical (unpaired) electrons. The lowest BCUT2D eigenvalue weighted by atomic mass is 10.0. The quantitative estimate of drug-likeness (QED) is 0.230. The number of benzene rings is 2. The summed E-state index contributed by atoms with van der Waals surface area (Å²) < 4.78 is 7.77. The number of aromatic nitrogens is 3. The lowest BCUT2D eigenvalue weighted by molar-refractivity contribution is 0.345. The van der Waals surface area contributed by atoms with Gasteiger partial charge in [0, 0.05) is 39.4 Å². The first-order valence-corrected chi connectivity index (χ1v) is 11.7. The van der Waals surface area contributed by atoms with Gasteiger partial charge in [-0.15, -0.1) is 0 Å². The number of pyridine rings is 2. The van der Waals surface area contributed by atoms with Gasteiger partial charge in [-0.1, -0.05) is 45.7 Å². The largest absolute Gasteiger partial charge is 0.493 e. The molecule has 0 bridgehead atoms. The molecule has 0 aliphatic carbocycles. The van der Waals surface area contributed by atoms with Gasteiger partial charge in [0.1, 0.15) is 11.4 Å². The Kier molecular flexibility index (Phi) is 5.93. The van der Waals surface area contributed by atoms with E-state index in [1.54, 1.807) is 0 Å². The van der Waals surface area contributed by atoms with Gasteiger partial charge in [0.05, 0.1) is 23.7 Å². The third-order valence-electron chi connectivity index (χ3n) is 5.16. The Morgan fingerprint density at radius 2 is 1.75 bits per heavy atom. The summed E-state index contributed by atoms with van der Waals surface area (Å²) in [4.78, 5) is 9.52. The summed E-state index contributed by atoms with van der Waals surface area (Å²) in [7, 11) is 0. The van der Waals surface area contributed by atoms with Crippen molar-refractivity contribution in [3.8, 4) is 39.5 Å². The summed E-state index contributed by atoms with van der Waals surface area (Å²) in [6.45, 7) is 0.633. The number of hydrogen-bond donors (Lipinski definition) is 0. The molecule has 0 N–H and O–H groups in total. The number of rotatable bonds is 6. The van der Waals surface area contributed by atoms with E-state index in [0.29, 0.717) is 11.6 Å². The van der Waals surface area contributed by atoms with Crippen molar-refractivity contribution in [3.05, 3.63) is 96.3 Å². The second kappa shape index (κ2) is 9.15. The highest BCUT2D eigenvalue weighted by Gasteiger charge is 2.17. The molecular formula is C26H19BrClN3O. The smallest absolute Gasteiger partial charge is 0.137 e. The van der Waals surface area contributed by atoms with E-state index in [9.17, 15) is 0 Å². The molecule has 0 saturated heterocycles. The zero-order valence-corrected chi connectivity index (χ0v) is 19.4. The Labute approximate surface area is 199 Å². The minimum atomic E-state index is 0.633. The average Bonchev–Trinajstić information content (AvgIpc) is 3.23. The Morgan fingerprint density at radius 1 is 0.875 bits per heavy atom. The van der Waals surface area contributed by atoms with E-state index >= 15 is 0 Å². The fourth-order valence-electron chi connectivity index (χ4n) is 3.72. The van der Waals surface area contributed by atoms with Crippen LogP contribution in [0.25, 0.3) is 39.4 Å². The average molecular weight is 505 g/mol. The number of halogens is 2. The van der Waals surface area contributed by atoms with Crippen LogP contribution in [0.15, 0.2) is 91.3 Å². The van der Waals surface area contributed by atoms with Crippen LogP contribution in [0.2, 0.25) is 5.02 Å². The predicted octanol–water partition coefficient (Wildman–Crippen LogP) is 7.16. The van der Waals surface area contributed by atoms with Crippen molar-refractivity contribution in [3.63, 3.8) is 0 Å². The summed E-state index contributed by atoms with van der Waals surface area (Å²) in [5, 5.41) is 1.48. The normalized spacial score (nSPS) is 11.1. The Balaban J connectivity index is 1.61. The van der Waals surface area contributed by atoms with Crippen molar-refractivity contribution in [1.29, 1.82) is 0 Å². The van der Waals surface area contributed by atoms with E-state index < -0.39 is 0 Å². The van der Waals surface area contributed by atoms with Gasteiger partial charge in [-0.25, -0.2) is 4.98 Å². The van der Waals surface area contributed by atoms with Crippen LogP contribution in [0, 0.1) is 0 Å². The van der Waals surface area contributed by atoms with E-state index in [-0.39, 0.29) is 0 Å². The number of hydrogen-bond acceptors (Lipinski definition) is 3. The van der Waals surface area contributed by atoms with Crippen molar-refractivity contribution < 1.29 is 4.74 Å². The summed E-state index contributed by atoms with van der Waals surface area (Å²) in [5.74, 6) is 0.842. The lowest BCUT2D eigenvalue weighted by Crippen LogP contribution is -1.97. The molecule has 5 rings (SSSR count). The standard InChI is InChI=1S/C26H19BrClN3O/c27-12-15-32-22-9-7-18(8-10-22)23-17-20(11-13-29-23)26-25(19-4-3-5-21(28)16-19)30-24-6-1-2-14-31(24)26/h1-11,13-14,16-17H,12,15H2. The van der Waals surface area contributed by atoms with Crippen molar-refractivity contribution >= 4 is 33.2 Å².